The molecule has 1 atom stereocenters. The molecular formula is C15H31N3O2. The van der Waals surface area contributed by atoms with Crippen molar-refractivity contribution >= 4 is 5.91 Å². The minimum absolute atomic E-state index is 0.134. The second-order valence-corrected chi connectivity index (χ2v) is 5.74. The zero-order valence-electron chi connectivity index (χ0n) is 13.3. The number of carbonyl (C=O) groups is 1. The van der Waals surface area contributed by atoms with Gasteiger partial charge < -0.3 is 15.4 Å². The van der Waals surface area contributed by atoms with Crippen LogP contribution in [0.3, 0.4) is 0 Å². The molecule has 5 nitrogen and oxygen atoms in total. The molecule has 1 rings (SSSR count). The summed E-state index contributed by atoms with van der Waals surface area (Å²) in [6.45, 7) is 11.2. The van der Waals surface area contributed by atoms with Crippen LogP contribution < -0.4 is 10.6 Å². The molecule has 5 heteroatoms. The van der Waals surface area contributed by atoms with Gasteiger partial charge in [-0.1, -0.05) is 6.92 Å². The molecule has 0 aliphatic carbocycles. The van der Waals surface area contributed by atoms with Gasteiger partial charge in [-0.05, 0) is 46.2 Å². The summed E-state index contributed by atoms with van der Waals surface area (Å²) in [4.78, 5) is 14.3. The van der Waals surface area contributed by atoms with E-state index in [4.69, 9.17) is 4.74 Å². The van der Waals surface area contributed by atoms with Crippen LogP contribution in [0.25, 0.3) is 0 Å². The fraction of sp³-hybridized carbons (Fsp3) is 0.933. The fourth-order valence-electron chi connectivity index (χ4n) is 2.49. The van der Waals surface area contributed by atoms with E-state index in [1.54, 1.807) is 0 Å². The molecule has 20 heavy (non-hydrogen) atoms. The first-order valence-electron chi connectivity index (χ1n) is 7.96. The van der Waals surface area contributed by atoms with E-state index in [1.807, 2.05) is 13.8 Å². The van der Waals surface area contributed by atoms with Crippen LogP contribution in [0.15, 0.2) is 0 Å². The Morgan fingerprint density at radius 1 is 1.50 bits per heavy atom. The van der Waals surface area contributed by atoms with Crippen molar-refractivity contribution in [1.29, 1.82) is 0 Å². The number of amides is 1. The Hall–Kier alpha value is -0.650. The van der Waals surface area contributed by atoms with Crippen molar-refractivity contribution in [2.45, 2.75) is 52.2 Å². The second kappa shape index (κ2) is 10.1. The third-order valence-electron chi connectivity index (χ3n) is 3.50. The summed E-state index contributed by atoms with van der Waals surface area (Å²) < 4.78 is 5.45. The average molecular weight is 285 g/mol. The summed E-state index contributed by atoms with van der Waals surface area (Å²) in [5.74, 6) is 0.134. The highest BCUT2D eigenvalue weighted by Crippen LogP contribution is 2.08. The minimum Gasteiger partial charge on any atom is -0.379 e. The van der Waals surface area contributed by atoms with Gasteiger partial charge in [0.15, 0.2) is 0 Å². The topological polar surface area (TPSA) is 53.6 Å². The lowest BCUT2D eigenvalue weighted by molar-refractivity contribution is -0.122. The number of nitrogens with zero attached hydrogens (tertiary/aromatic N) is 1. The van der Waals surface area contributed by atoms with Crippen LogP contribution in [0.4, 0.5) is 0 Å². The molecular weight excluding hydrogens is 254 g/mol. The van der Waals surface area contributed by atoms with Gasteiger partial charge in [0.2, 0.25) is 5.91 Å². The number of nitrogens with one attached hydrogen (secondary N) is 2. The van der Waals surface area contributed by atoms with Gasteiger partial charge in [0.05, 0.1) is 12.6 Å². The normalized spacial score (nSPS) is 18.9. The van der Waals surface area contributed by atoms with E-state index in [-0.39, 0.29) is 12.0 Å². The minimum atomic E-state index is 0.134. The summed E-state index contributed by atoms with van der Waals surface area (Å²) in [6.07, 6.45) is 3.38. The number of hydrogen-bond donors (Lipinski definition) is 2. The Morgan fingerprint density at radius 2 is 2.30 bits per heavy atom. The Bertz CT molecular complexity index is 266. The van der Waals surface area contributed by atoms with Crippen molar-refractivity contribution in [1.82, 2.24) is 15.5 Å². The average Bonchev–Trinajstić information content (AvgIpc) is 2.91. The highest BCUT2D eigenvalue weighted by Gasteiger charge is 2.23. The van der Waals surface area contributed by atoms with E-state index in [0.29, 0.717) is 25.7 Å². The van der Waals surface area contributed by atoms with Crippen LogP contribution in [0.5, 0.6) is 0 Å². The van der Waals surface area contributed by atoms with Gasteiger partial charge in [0.1, 0.15) is 0 Å². The first kappa shape index (κ1) is 17.4. The van der Waals surface area contributed by atoms with Crippen LogP contribution in [0.1, 0.15) is 40.0 Å². The molecule has 0 saturated carbocycles. The molecule has 118 valence electrons. The molecule has 1 amide bonds. The maximum atomic E-state index is 12.0. The smallest absolute Gasteiger partial charge is 0.234 e. The lowest BCUT2D eigenvalue weighted by Crippen LogP contribution is -2.44. The Morgan fingerprint density at radius 3 is 2.90 bits per heavy atom. The Labute approximate surface area is 123 Å². The van der Waals surface area contributed by atoms with Crippen LogP contribution in [-0.2, 0) is 9.53 Å². The molecule has 1 aliphatic heterocycles. The number of rotatable bonds is 10. The van der Waals surface area contributed by atoms with Crippen LogP contribution in [0.2, 0.25) is 0 Å². The Balaban J connectivity index is 2.17. The highest BCUT2D eigenvalue weighted by molar-refractivity contribution is 5.78. The zero-order valence-corrected chi connectivity index (χ0v) is 13.3. The number of hydrogen-bond acceptors (Lipinski definition) is 4. The fourth-order valence-corrected chi connectivity index (χ4v) is 2.49. The van der Waals surface area contributed by atoms with Gasteiger partial charge in [-0.15, -0.1) is 0 Å². The maximum absolute atomic E-state index is 12.0. The molecule has 0 aromatic heterocycles. The van der Waals surface area contributed by atoms with E-state index >= 15 is 0 Å². The van der Waals surface area contributed by atoms with Gasteiger partial charge in [-0.25, -0.2) is 0 Å². The summed E-state index contributed by atoms with van der Waals surface area (Å²) in [5.41, 5.74) is 0. The molecule has 0 radical (unpaired) electrons. The number of carbonyl (C=O) groups excluding carboxylic acids is 1. The molecule has 0 bridgehead atoms. The van der Waals surface area contributed by atoms with Crippen molar-refractivity contribution in [3.05, 3.63) is 0 Å². The van der Waals surface area contributed by atoms with Crippen molar-refractivity contribution < 1.29 is 9.53 Å². The molecule has 0 aromatic rings. The summed E-state index contributed by atoms with van der Waals surface area (Å²) in [5, 5.41) is 6.35. The van der Waals surface area contributed by atoms with E-state index < -0.39 is 0 Å². The summed E-state index contributed by atoms with van der Waals surface area (Å²) in [7, 11) is 0. The second-order valence-electron chi connectivity index (χ2n) is 5.74. The summed E-state index contributed by atoms with van der Waals surface area (Å²) >= 11 is 0. The third-order valence-corrected chi connectivity index (χ3v) is 3.50. The van der Waals surface area contributed by atoms with E-state index in [1.165, 1.54) is 0 Å². The van der Waals surface area contributed by atoms with Crippen LogP contribution in [0, 0.1) is 0 Å². The van der Waals surface area contributed by atoms with Gasteiger partial charge in [-0.3, -0.25) is 9.69 Å². The molecule has 1 aliphatic rings. The summed E-state index contributed by atoms with van der Waals surface area (Å²) in [6, 6.07) is 0.518. The maximum Gasteiger partial charge on any atom is 0.234 e. The van der Waals surface area contributed by atoms with Gasteiger partial charge in [0.25, 0.3) is 0 Å². The molecule has 0 spiro atoms. The van der Waals surface area contributed by atoms with Crippen LogP contribution >= 0.6 is 0 Å². The quantitative estimate of drug-likeness (QED) is 0.588. The largest absolute Gasteiger partial charge is 0.379 e. The molecule has 2 N–H and O–H groups in total. The lowest BCUT2D eigenvalue weighted by Gasteiger charge is -2.27. The van der Waals surface area contributed by atoms with E-state index in [0.717, 1.165) is 38.9 Å². The van der Waals surface area contributed by atoms with Crippen molar-refractivity contribution in [3.8, 4) is 0 Å². The monoisotopic (exact) mass is 285 g/mol. The molecule has 1 unspecified atom stereocenters. The SMILES string of the molecule is CCCN(CC(=O)NCCCOC(C)C)C1CCNC1. The first-order chi connectivity index (χ1) is 9.63. The van der Waals surface area contributed by atoms with Gasteiger partial charge in [-0.2, -0.15) is 0 Å². The zero-order chi connectivity index (χ0) is 14.8. The molecule has 0 aromatic carbocycles. The van der Waals surface area contributed by atoms with E-state index in [2.05, 4.69) is 22.5 Å². The van der Waals surface area contributed by atoms with Crippen molar-refractivity contribution in [2.75, 3.05) is 39.3 Å². The van der Waals surface area contributed by atoms with Crippen LogP contribution in [-0.4, -0.2) is 62.3 Å². The lowest BCUT2D eigenvalue weighted by atomic mass is 10.2. The van der Waals surface area contributed by atoms with Gasteiger partial charge >= 0.3 is 0 Å². The molecule has 1 fully saturated rings. The Kier molecular flexibility index (Phi) is 8.82. The first-order valence-corrected chi connectivity index (χ1v) is 7.96. The molecule has 1 saturated heterocycles. The predicted molar refractivity (Wildman–Crippen MR) is 81.9 cm³/mol. The standard InChI is InChI=1S/C15H31N3O2/c1-4-9-18(14-6-8-16-11-14)12-15(19)17-7-5-10-20-13(2)3/h13-14,16H,4-12H2,1-3H3,(H,17,19). The molecule has 1 heterocycles. The third kappa shape index (κ3) is 7.22. The number of ether oxygens (including phenoxy) is 1. The van der Waals surface area contributed by atoms with Gasteiger partial charge in [0, 0.05) is 25.7 Å². The highest BCUT2D eigenvalue weighted by atomic mass is 16.5. The van der Waals surface area contributed by atoms with E-state index in [9.17, 15) is 4.79 Å². The van der Waals surface area contributed by atoms with Crippen molar-refractivity contribution in [2.24, 2.45) is 0 Å². The predicted octanol–water partition coefficient (Wildman–Crippen LogP) is 0.992. The van der Waals surface area contributed by atoms with Crippen molar-refractivity contribution in [3.63, 3.8) is 0 Å².